The largest absolute Gasteiger partial charge is 0.399 e. The number of hydrogen-bond acceptors (Lipinski definition) is 3. The molecule has 0 saturated heterocycles. The first-order valence-corrected chi connectivity index (χ1v) is 6.42. The maximum absolute atomic E-state index is 5.79. The summed E-state index contributed by atoms with van der Waals surface area (Å²) in [5, 5.41) is 0. The van der Waals surface area contributed by atoms with Gasteiger partial charge in [-0.1, -0.05) is 12.1 Å². The van der Waals surface area contributed by atoms with Crippen LogP contribution >= 0.6 is 0 Å². The van der Waals surface area contributed by atoms with E-state index in [-0.39, 0.29) is 0 Å². The van der Waals surface area contributed by atoms with Gasteiger partial charge >= 0.3 is 0 Å². The van der Waals surface area contributed by atoms with Crippen molar-refractivity contribution in [3.05, 3.63) is 54.1 Å². The molecule has 0 amide bonds. The molecule has 2 aromatic heterocycles. The Kier molecular flexibility index (Phi) is 2.91. The molecule has 19 heavy (non-hydrogen) atoms. The van der Waals surface area contributed by atoms with Crippen LogP contribution in [0.3, 0.4) is 0 Å². The summed E-state index contributed by atoms with van der Waals surface area (Å²) in [6.45, 7) is 3.03. The molecule has 2 heterocycles. The molecule has 3 rings (SSSR count). The predicted molar refractivity (Wildman–Crippen MR) is 76.9 cm³/mol. The number of imidazole rings is 1. The lowest BCUT2D eigenvalue weighted by Gasteiger charge is -2.06. The molecule has 4 nitrogen and oxygen atoms in total. The Balaban J connectivity index is 2.05. The number of benzene rings is 1. The van der Waals surface area contributed by atoms with Crippen molar-refractivity contribution in [3.8, 4) is 0 Å². The first-order valence-electron chi connectivity index (χ1n) is 6.42. The highest BCUT2D eigenvalue weighted by molar-refractivity contribution is 5.76. The lowest BCUT2D eigenvalue weighted by atomic mass is 10.2. The van der Waals surface area contributed by atoms with Crippen LogP contribution in [0.25, 0.3) is 11.0 Å². The highest BCUT2D eigenvalue weighted by atomic mass is 15.1. The summed E-state index contributed by atoms with van der Waals surface area (Å²) in [4.78, 5) is 9.04. The number of anilines is 1. The average molecular weight is 252 g/mol. The second-order valence-electron chi connectivity index (χ2n) is 4.52. The predicted octanol–water partition coefficient (Wildman–Crippen LogP) is 2.62. The van der Waals surface area contributed by atoms with Gasteiger partial charge in [0.1, 0.15) is 5.82 Å². The van der Waals surface area contributed by atoms with E-state index in [9.17, 15) is 0 Å². The molecule has 4 heteroatoms. The second kappa shape index (κ2) is 4.72. The molecule has 0 atom stereocenters. The lowest BCUT2D eigenvalue weighted by molar-refractivity contribution is 0.729. The van der Waals surface area contributed by atoms with Crippen molar-refractivity contribution >= 4 is 16.7 Å². The zero-order valence-electron chi connectivity index (χ0n) is 10.9. The quantitative estimate of drug-likeness (QED) is 0.779. The van der Waals surface area contributed by atoms with E-state index in [1.807, 2.05) is 24.3 Å². The van der Waals surface area contributed by atoms with Crippen molar-refractivity contribution in [1.29, 1.82) is 0 Å². The van der Waals surface area contributed by atoms with Gasteiger partial charge in [0.05, 0.1) is 11.0 Å². The number of aromatic nitrogens is 3. The van der Waals surface area contributed by atoms with Gasteiger partial charge in [0.25, 0.3) is 0 Å². The van der Waals surface area contributed by atoms with Crippen LogP contribution in [-0.4, -0.2) is 14.5 Å². The van der Waals surface area contributed by atoms with E-state index in [0.29, 0.717) is 6.42 Å². The summed E-state index contributed by atoms with van der Waals surface area (Å²) in [6.07, 6.45) is 2.44. The van der Waals surface area contributed by atoms with Gasteiger partial charge in [0.2, 0.25) is 0 Å². The van der Waals surface area contributed by atoms with Crippen molar-refractivity contribution in [2.24, 2.45) is 0 Å². The van der Waals surface area contributed by atoms with Gasteiger partial charge in [-0.2, -0.15) is 0 Å². The first-order chi connectivity index (χ1) is 9.28. The Bertz CT molecular complexity index is 715. The molecule has 0 unspecified atom stereocenters. The zero-order valence-corrected chi connectivity index (χ0v) is 10.9. The van der Waals surface area contributed by atoms with Gasteiger partial charge in [-0.25, -0.2) is 4.98 Å². The zero-order chi connectivity index (χ0) is 13.2. The number of nitrogens with two attached hydrogens (primary N) is 1. The number of para-hydroxylation sites is 2. The van der Waals surface area contributed by atoms with E-state index in [4.69, 9.17) is 10.7 Å². The molecule has 1 aromatic carbocycles. The van der Waals surface area contributed by atoms with Gasteiger partial charge in [-0.15, -0.1) is 0 Å². The molecule has 0 saturated carbocycles. The maximum Gasteiger partial charge on any atom is 0.115 e. The average Bonchev–Trinajstić information content (AvgIpc) is 2.75. The third-order valence-corrected chi connectivity index (χ3v) is 3.23. The highest BCUT2D eigenvalue weighted by Gasteiger charge is 2.10. The molecule has 0 bridgehead atoms. The van der Waals surface area contributed by atoms with E-state index in [1.54, 1.807) is 12.3 Å². The summed E-state index contributed by atoms with van der Waals surface area (Å²) in [5.74, 6) is 1.03. The van der Waals surface area contributed by atoms with Crippen LogP contribution in [0.2, 0.25) is 0 Å². The fourth-order valence-corrected chi connectivity index (χ4v) is 2.37. The van der Waals surface area contributed by atoms with Gasteiger partial charge in [0, 0.05) is 30.5 Å². The van der Waals surface area contributed by atoms with E-state index in [2.05, 4.69) is 22.5 Å². The van der Waals surface area contributed by atoms with Crippen LogP contribution < -0.4 is 5.73 Å². The van der Waals surface area contributed by atoms with Gasteiger partial charge in [-0.3, -0.25) is 4.98 Å². The third-order valence-electron chi connectivity index (χ3n) is 3.23. The fourth-order valence-electron chi connectivity index (χ4n) is 2.37. The number of pyridine rings is 1. The SMILES string of the molecule is CCn1c(Cc2cc(N)ccn2)nc2ccccc21. The van der Waals surface area contributed by atoms with Crippen molar-refractivity contribution < 1.29 is 0 Å². The Morgan fingerprint density at radius 2 is 2.05 bits per heavy atom. The van der Waals surface area contributed by atoms with E-state index in [1.165, 1.54) is 5.52 Å². The Hall–Kier alpha value is -2.36. The minimum absolute atomic E-state index is 0.702. The standard InChI is InChI=1S/C15H16N4/c1-2-19-14-6-4-3-5-13(14)18-15(19)10-12-9-11(16)7-8-17-12/h3-9H,2,10H2,1H3,(H2,16,17). The van der Waals surface area contributed by atoms with Crippen LogP contribution in [0.15, 0.2) is 42.6 Å². The number of nitrogens with zero attached hydrogens (tertiary/aromatic N) is 3. The molecule has 0 aliphatic rings. The van der Waals surface area contributed by atoms with Gasteiger partial charge < -0.3 is 10.3 Å². The number of nitrogen functional groups attached to an aromatic ring is 1. The van der Waals surface area contributed by atoms with Crippen LogP contribution in [0.1, 0.15) is 18.4 Å². The van der Waals surface area contributed by atoms with Crippen LogP contribution in [-0.2, 0) is 13.0 Å². The maximum atomic E-state index is 5.79. The molecule has 0 radical (unpaired) electrons. The molecule has 0 fully saturated rings. The molecular weight excluding hydrogens is 236 g/mol. The summed E-state index contributed by atoms with van der Waals surface area (Å²) in [6, 6.07) is 11.9. The fraction of sp³-hybridized carbons (Fsp3) is 0.200. The summed E-state index contributed by atoms with van der Waals surface area (Å²) < 4.78 is 2.22. The van der Waals surface area contributed by atoms with Crippen LogP contribution in [0, 0.1) is 0 Å². The molecular formula is C15H16N4. The summed E-state index contributed by atoms with van der Waals surface area (Å²) >= 11 is 0. The van der Waals surface area contributed by atoms with E-state index < -0.39 is 0 Å². The molecule has 2 N–H and O–H groups in total. The number of rotatable bonds is 3. The molecule has 96 valence electrons. The Labute approximate surface area is 111 Å². The minimum Gasteiger partial charge on any atom is -0.399 e. The third kappa shape index (κ3) is 2.17. The van der Waals surface area contributed by atoms with Crippen molar-refractivity contribution in [1.82, 2.24) is 14.5 Å². The second-order valence-corrected chi connectivity index (χ2v) is 4.52. The molecule has 3 aromatic rings. The topological polar surface area (TPSA) is 56.7 Å². The Morgan fingerprint density at radius 3 is 2.84 bits per heavy atom. The van der Waals surface area contributed by atoms with Crippen molar-refractivity contribution in [2.45, 2.75) is 19.9 Å². The van der Waals surface area contributed by atoms with Crippen LogP contribution in [0.5, 0.6) is 0 Å². The minimum atomic E-state index is 0.702. The molecule has 0 aliphatic heterocycles. The number of hydrogen-bond donors (Lipinski definition) is 1. The van der Waals surface area contributed by atoms with Crippen molar-refractivity contribution in [2.75, 3.05) is 5.73 Å². The number of aryl methyl sites for hydroxylation is 1. The summed E-state index contributed by atoms with van der Waals surface area (Å²) in [5.41, 5.74) is 9.68. The number of fused-ring (bicyclic) bond motifs is 1. The van der Waals surface area contributed by atoms with Gasteiger partial charge in [0.15, 0.2) is 0 Å². The van der Waals surface area contributed by atoms with Crippen LogP contribution in [0.4, 0.5) is 5.69 Å². The normalized spacial score (nSPS) is 11.0. The van der Waals surface area contributed by atoms with Crippen molar-refractivity contribution in [3.63, 3.8) is 0 Å². The van der Waals surface area contributed by atoms with E-state index >= 15 is 0 Å². The lowest BCUT2D eigenvalue weighted by Crippen LogP contribution is -2.04. The van der Waals surface area contributed by atoms with E-state index in [0.717, 1.165) is 29.3 Å². The smallest absolute Gasteiger partial charge is 0.115 e. The monoisotopic (exact) mass is 252 g/mol. The Morgan fingerprint density at radius 1 is 1.21 bits per heavy atom. The first kappa shape index (κ1) is 11.7. The summed E-state index contributed by atoms with van der Waals surface area (Å²) in [7, 11) is 0. The molecule has 0 spiro atoms. The van der Waals surface area contributed by atoms with Gasteiger partial charge in [-0.05, 0) is 31.2 Å². The highest BCUT2D eigenvalue weighted by Crippen LogP contribution is 2.18. The molecule has 0 aliphatic carbocycles.